The van der Waals surface area contributed by atoms with E-state index in [2.05, 4.69) is 4.90 Å². The number of piperidine rings is 1. The molecule has 2 rings (SSSR count). The van der Waals surface area contributed by atoms with Crippen LogP contribution in [0.2, 0.25) is 0 Å². The largest absolute Gasteiger partial charge is 0.416 e. The molecule has 2 N–H and O–H groups in total. The smallest absolute Gasteiger partial charge is 0.329 e. The van der Waals surface area contributed by atoms with Crippen molar-refractivity contribution < 1.29 is 13.2 Å². The van der Waals surface area contributed by atoms with Crippen LogP contribution in [0.1, 0.15) is 30.4 Å². The first kappa shape index (κ1) is 17.3. The van der Waals surface area contributed by atoms with Crippen molar-refractivity contribution >= 4 is 12.4 Å². The third-order valence-electron chi connectivity index (χ3n) is 3.69. The monoisotopic (exact) mass is 308 g/mol. The molecule has 0 bridgehead atoms. The van der Waals surface area contributed by atoms with Crippen molar-refractivity contribution in [3.8, 4) is 0 Å². The minimum Gasteiger partial charge on any atom is -0.329 e. The van der Waals surface area contributed by atoms with Gasteiger partial charge in [0.15, 0.2) is 0 Å². The first-order chi connectivity index (χ1) is 9.00. The number of alkyl halides is 3. The summed E-state index contributed by atoms with van der Waals surface area (Å²) in [5, 5.41) is 0. The Morgan fingerprint density at radius 2 is 1.80 bits per heavy atom. The summed E-state index contributed by atoms with van der Waals surface area (Å²) >= 11 is 0. The van der Waals surface area contributed by atoms with Crippen LogP contribution in [0.25, 0.3) is 0 Å². The van der Waals surface area contributed by atoms with Crippen LogP contribution < -0.4 is 5.73 Å². The van der Waals surface area contributed by atoms with E-state index >= 15 is 0 Å². The molecular formula is C14H20ClF3N2. The van der Waals surface area contributed by atoms with Crippen LogP contribution in [0.3, 0.4) is 0 Å². The molecule has 0 aromatic heterocycles. The summed E-state index contributed by atoms with van der Waals surface area (Å²) in [5.41, 5.74) is 6.06. The van der Waals surface area contributed by atoms with Crippen LogP contribution in [-0.4, -0.2) is 24.0 Å². The molecule has 114 valence electrons. The third-order valence-corrected chi connectivity index (χ3v) is 3.69. The molecule has 2 nitrogen and oxygen atoms in total. The van der Waals surface area contributed by atoms with E-state index in [9.17, 15) is 13.2 Å². The maximum Gasteiger partial charge on any atom is 0.416 e. The van der Waals surface area contributed by atoms with Crippen LogP contribution in [-0.2, 0) is 12.7 Å². The van der Waals surface area contributed by atoms with E-state index < -0.39 is 11.7 Å². The highest BCUT2D eigenvalue weighted by atomic mass is 35.5. The maximum atomic E-state index is 12.5. The van der Waals surface area contributed by atoms with Crippen LogP contribution in [0.5, 0.6) is 0 Å². The van der Waals surface area contributed by atoms with Gasteiger partial charge in [-0.15, -0.1) is 12.4 Å². The number of halogens is 4. The van der Waals surface area contributed by atoms with Gasteiger partial charge in [0.2, 0.25) is 0 Å². The van der Waals surface area contributed by atoms with E-state index in [1.807, 2.05) is 0 Å². The Bertz CT molecular complexity index is 406. The lowest BCUT2D eigenvalue weighted by atomic mass is 10.0. The summed E-state index contributed by atoms with van der Waals surface area (Å²) in [6.45, 7) is 2.27. The minimum atomic E-state index is -4.26. The van der Waals surface area contributed by atoms with E-state index in [1.165, 1.54) is 6.42 Å². The van der Waals surface area contributed by atoms with Gasteiger partial charge in [0.1, 0.15) is 0 Å². The van der Waals surface area contributed by atoms with E-state index in [0.29, 0.717) is 19.1 Å². The van der Waals surface area contributed by atoms with Gasteiger partial charge in [0, 0.05) is 19.1 Å². The van der Waals surface area contributed by atoms with Crippen LogP contribution >= 0.6 is 12.4 Å². The Hall–Kier alpha value is -0.780. The Morgan fingerprint density at radius 3 is 2.35 bits per heavy atom. The lowest BCUT2D eigenvalue weighted by Gasteiger charge is -2.35. The highest BCUT2D eigenvalue weighted by Gasteiger charge is 2.30. The van der Waals surface area contributed by atoms with Crippen molar-refractivity contribution in [3.63, 3.8) is 0 Å². The van der Waals surface area contributed by atoms with Gasteiger partial charge in [0.25, 0.3) is 0 Å². The summed E-state index contributed by atoms with van der Waals surface area (Å²) in [6.07, 6.45) is -0.858. The van der Waals surface area contributed by atoms with Gasteiger partial charge in [-0.1, -0.05) is 18.6 Å². The predicted octanol–water partition coefficient (Wildman–Crippen LogP) is 3.44. The highest BCUT2D eigenvalue weighted by Crippen LogP contribution is 2.29. The lowest BCUT2D eigenvalue weighted by Crippen LogP contribution is -2.43. The molecule has 1 aliphatic heterocycles. The number of rotatable bonds is 3. The number of nitrogens with two attached hydrogens (primary N) is 1. The normalized spacial score (nSPS) is 20.5. The molecule has 1 aromatic carbocycles. The van der Waals surface area contributed by atoms with E-state index in [1.54, 1.807) is 12.1 Å². The second-order valence-electron chi connectivity index (χ2n) is 5.05. The molecule has 1 aromatic rings. The predicted molar refractivity (Wildman–Crippen MR) is 75.8 cm³/mol. The maximum absolute atomic E-state index is 12.5. The fourth-order valence-electron chi connectivity index (χ4n) is 2.57. The molecule has 0 saturated carbocycles. The summed E-state index contributed by atoms with van der Waals surface area (Å²) in [4.78, 5) is 2.27. The third kappa shape index (κ3) is 4.36. The molecular weight excluding hydrogens is 289 g/mol. The molecule has 20 heavy (non-hydrogen) atoms. The Balaban J connectivity index is 0.00000200. The topological polar surface area (TPSA) is 29.3 Å². The number of benzene rings is 1. The average molecular weight is 309 g/mol. The molecule has 6 heteroatoms. The number of hydrogen-bond acceptors (Lipinski definition) is 2. The lowest BCUT2D eigenvalue weighted by molar-refractivity contribution is -0.137. The highest BCUT2D eigenvalue weighted by molar-refractivity contribution is 5.85. The van der Waals surface area contributed by atoms with Gasteiger partial charge in [0.05, 0.1) is 5.56 Å². The number of likely N-dealkylation sites (tertiary alicyclic amines) is 1. The molecule has 1 saturated heterocycles. The summed E-state index contributed by atoms with van der Waals surface area (Å²) in [6, 6.07) is 5.78. The van der Waals surface area contributed by atoms with Crippen molar-refractivity contribution in [3.05, 3.63) is 35.4 Å². The zero-order valence-electron chi connectivity index (χ0n) is 11.2. The molecule has 1 atom stereocenters. The molecule has 0 amide bonds. The number of nitrogens with zero attached hydrogens (tertiary/aromatic N) is 1. The molecule has 1 fully saturated rings. The van der Waals surface area contributed by atoms with Crippen LogP contribution in [0.15, 0.2) is 24.3 Å². The zero-order chi connectivity index (χ0) is 13.9. The average Bonchev–Trinajstić information content (AvgIpc) is 2.39. The van der Waals surface area contributed by atoms with E-state index in [4.69, 9.17) is 5.73 Å². The van der Waals surface area contributed by atoms with Crippen LogP contribution in [0, 0.1) is 0 Å². The first-order valence-electron chi connectivity index (χ1n) is 6.61. The van der Waals surface area contributed by atoms with Gasteiger partial charge in [-0.2, -0.15) is 13.2 Å². The zero-order valence-corrected chi connectivity index (χ0v) is 12.0. The Kier molecular flexibility index (Phi) is 6.30. The molecule has 0 spiro atoms. The minimum absolute atomic E-state index is 0. The van der Waals surface area contributed by atoms with Crippen molar-refractivity contribution in [1.29, 1.82) is 0 Å². The Morgan fingerprint density at radius 1 is 1.15 bits per heavy atom. The summed E-state index contributed by atoms with van der Waals surface area (Å²) in [5.74, 6) is 0. The van der Waals surface area contributed by atoms with Crippen molar-refractivity contribution in [2.45, 2.75) is 38.0 Å². The van der Waals surface area contributed by atoms with Gasteiger partial charge >= 0.3 is 6.18 Å². The standard InChI is InChI=1S/C14H19F3N2.ClH/c15-14(16,17)12-6-4-11(5-7-12)10-19-8-2-1-3-13(19)9-18;/h4-7,13H,1-3,8-10,18H2;1H. The van der Waals surface area contributed by atoms with Crippen molar-refractivity contribution in [2.75, 3.05) is 13.1 Å². The SMILES string of the molecule is Cl.NCC1CCCCN1Cc1ccc(C(F)(F)F)cc1. The molecule has 0 radical (unpaired) electrons. The van der Waals surface area contributed by atoms with Crippen LogP contribution in [0.4, 0.5) is 13.2 Å². The quantitative estimate of drug-likeness (QED) is 0.927. The van der Waals surface area contributed by atoms with Gasteiger partial charge in [-0.3, -0.25) is 4.90 Å². The molecule has 0 aliphatic carbocycles. The van der Waals surface area contributed by atoms with E-state index in [-0.39, 0.29) is 12.4 Å². The first-order valence-corrected chi connectivity index (χ1v) is 6.61. The summed E-state index contributed by atoms with van der Waals surface area (Å²) in [7, 11) is 0. The van der Waals surface area contributed by atoms with Gasteiger partial charge in [-0.25, -0.2) is 0 Å². The fourth-order valence-corrected chi connectivity index (χ4v) is 2.57. The second-order valence-corrected chi connectivity index (χ2v) is 5.05. The summed E-state index contributed by atoms with van der Waals surface area (Å²) < 4.78 is 37.4. The van der Waals surface area contributed by atoms with Crippen molar-refractivity contribution in [2.24, 2.45) is 5.73 Å². The molecule has 1 aliphatic rings. The fraction of sp³-hybridized carbons (Fsp3) is 0.571. The molecule has 1 heterocycles. The second kappa shape index (κ2) is 7.29. The Labute approximate surface area is 123 Å². The molecule has 1 unspecified atom stereocenters. The van der Waals surface area contributed by atoms with Gasteiger partial charge < -0.3 is 5.73 Å². The number of hydrogen-bond donors (Lipinski definition) is 1. The van der Waals surface area contributed by atoms with Crippen molar-refractivity contribution in [1.82, 2.24) is 4.90 Å². The van der Waals surface area contributed by atoms with E-state index in [0.717, 1.165) is 37.1 Å². The van der Waals surface area contributed by atoms with Gasteiger partial charge in [-0.05, 0) is 37.1 Å².